The number of hydrogen-bond donors (Lipinski definition) is 1. The van der Waals surface area contributed by atoms with Crippen molar-refractivity contribution < 1.29 is 0 Å². The molecule has 1 nitrogen and oxygen atoms in total. The van der Waals surface area contributed by atoms with Crippen LogP contribution in [0.4, 0.5) is 0 Å². The van der Waals surface area contributed by atoms with E-state index in [1.54, 1.807) is 0 Å². The molecule has 1 aromatic heterocycles. The summed E-state index contributed by atoms with van der Waals surface area (Å²) < 4.78 is 0. The summed E-state index contributed by atoms with van der Waals surface area (Å²) in [5, 5.41) is 11.5. The Morgan fingerprint density at radius 2 is 0.608 bits per heavy atom. The van der Waals surface area contributed by atoms with E-state index < -0.39 is 16.1 Å². The molecule has 9 aromatic rings. The average Bonchev–Trinajstić information content (AvgIpc) is 4.02. The van der Waals surface area contributed by atoms with Crippen LogP contribution in [0.3, 0.4) is 0 Å². The lowest BCUT2D eigenvalue weighted by Gasteiger charge is -2.25. The van der Waals surface area contributed by atoms with E-state index in [4.69, 9.17) is 0 Å². The number of rotatable bonds is 6. The first kappa shape index (κ1) is 57.0. The van der Waals surface area contributed by atoms with Gasteiger partial charge in [-0.1, -0.05) is 233 Å². The summed E-state index contributed by atoms with van der Waals surface area (Å²) in [6.45, 7) is 41.8. The van der Waals surface area contributed by atoms with E-state index in [2.05, 4.69) is 285 Å². The molecule has 0 amide bonds. The molecule has 0 fully saturated rings. The highest BCUT2D eigenvalue weighted by Gasteiger charge is 2.28. The predicted molar refractivity (Wildman–Crippen MR) is 354 cm³/mol. The van der Waals surface area contributed by atoms with Crippen molar-refractivity contribution in [1.82, 2.24) is 4.98 Å². The maximum absolute atomic E-state index is 4.11. The van der Waals surface area contributed by atoms with E-state index in [9.17, 15) is 0 Å². The number of hydrogen-bond acceptors (Lipinski definition) is 0. The van der Waals surface area contributed by atoms with Crippen LogP contribution < -0.4 is 0 Å². The summed E-state index contributed by atoms with van der Waals surface area (Å²) in [6, 6.07) is 47.8. The highest BCUT2D eigenvalue weighted by molar-refractivity contribution is 6.87. The van der Waals surface area contributed by atoms with Gasteiger partial charge in [0.15, 0.2) is 0 Å². The Bertz CT molecular complexity index is 3800. The molecule has 0 spiro atoms. The first-order chi connectivity index (χ1) is 37.3. The second kappa shape index (κ2) is 21.4. The summed E-state index contributed by atoms with van der Waals surface area (Å²) >= 11 is 0. The minimum Gasteiger partial charge on any atom is -0.354 e. The maximum Gasteiger partial charge on any atom is 0.138 e. The molecule has 0 aliphatic heterocycles. The number of aromatic nitrogens is 1. The summed E-state index contributed by atoms with van der Waals surface area (Å²) in [5.74, 6) is 23.5. The van der Waals surface area contributed by atoms with Gasteiger partial charge in [-0.25, -0.2) is 0 Å². The fourth-order valence-electron chi connectivity index (χ4n) is 11.8. The largest absolute Gasteiger partial charge is 0.354 e. The van der Waals surface area contributed by atoms with Crippen molar-refractivity contribution in [3.05, 3.63) is 165 Å². The standard InChI is InChI=1S/C76H85NSi2/c1-19-78(20-2,21-3)43-41-65-59-31-27-25-29-57(59)61(35-33-51-45-53(73(7,8)9)49-54(46-51)74(10,11)12)63-37-39-67-71(69(63)65)72-68(77-67)40-38-64-62(36-34-52-47-55(75(13,14)15)50-56(48-52)76(16,17)18)58-30-26-28-32-60(58)66(70(64)72)42-44-79(22-4,23-5)24-6/h25-32,37-40,45-50,77H,19-24H2,1-18H3. The van der Waals surface area contributed by atoms with E-state index >= 15 is 0 Å². The Balaban J connectivity index is 1.51. The van der Waals surface area contributed by atoms with E-state index in [0.29, 0.717) is 0 Å². The lowest BCUT2D eigenvalue weighted by atomic mass is 9.79. The number of aromatic amines is 1. The molecule has 8 aromatic carbocycles. The predicted octanol–water partition coefficient (Wildman–Crippen LogP) is 20.7. The van der Waals surface area contributed by atoms with Crippen molar-refractivity contribution in [3.8, 4) is 46.6 Å². The van der Waals surface area contributed by atoms with Crippen LogP contribution in [0.15, 0.2) is 109 Å². The van der Waals surface area contributed by atoms with Gasteiger partial charge in [-0.2, -0.15) is 0 Å². The molecule has 0 saturated carbocycles. The van der Waals surface area contributed by atoms with Gasteiger partial charge in [0, 0.05) is 66.0 Å². The third-order valence-electron chi connectivity index (χ3n) is 17.9. The van der Waals surface area contributed by atoms with E-state index in [-0.39, 0.29) is 21.7 Å². The number of fused-ring (bicyclic) bond motifs is 9. The van der Waals surface area contributed by atoms with E-state index in [1.807, 2.05) is 0 Å². The number of nitrogens with one attached hydrogen (secondary N) is 1. The zero-order valence-electron chi connectivity index (χ0n) is 51.1. The van der Waals surface area contributed by atoms with Crippen molar-refractivity contribution >= 4 is 81.0 Å². The molecule has 1 N–H and O–H groups in total. The molecule has 3 heteroatoms. The fourth-order valence-corrected chi connectivity index (χ4v) is 16.6. The third kappa shape index (κ3) is 10.9. The van der Waals surface area contributed by atoms with Crippen molar-refractivity contribution in [2.75, 3.05) is 0 Å². The van der Waals surface area contributed by atoms with Crippen LogP contribution in [0.1, 0.15) is 180 Å². The van der Waals surface area contributed by atoms with E-state index in [1.165, 1.54) is 33.0 Å². The van der Waals surface area contributed by atoms with Crippen LogP contribution in [0.5, 0.6) is 0 Å². The van der Waals surface area contributed by atoms with Crippen LogP contribution >= 0.6 is 0 Å². The first-order valence-electron chi connectivity index (χ1n) is 29.6. The van der Waals surface area contributed by atoms with Crippen molar-refractivity contribution in [2.24, 2.45) is 0 Å². The minimum atomic E-state index is -1.92. The Labute approximate surface area is 477 Å². The van der Waals surface area contributed by atoms with Gasteiger partial charge < -0.3 is 4.98 Å². The van der Waals surface area contributed by atoms with Crippen LogP contribution in [0.2, 0.25) is 36.3 Å². The number of benzene rings is 8. The van der Waals surface area contributed by atoms with Crippen molar-refractivity contribution in [3.63, 3.8) is 0 Å². The Kier molecular flexibility index (Phi) is 15.4. The maximum atomic E-state index is 4.11. The second-order valence-corrected chi connectivity index (χ2v) is 36.7. The zero-order valence-corrected chi connectivity index (χ0v) is 53.1. The molecule has 0 saturated heterocycles. The SMILES string of the molecule is CC[Si](C#Cc1c2ccccc2c(C#Cc2cc(C(C)(C)C)cc(C(C)(C)C)c2)c2ccc3[nH]c4ccc5c(C#Cc6cc(C(C)(C)C)cc(C(C)(C)C)c6)c6ccccc6c(C#C[Si](CC)(CC)CC)c5c4c3c12)(CC)CC. The Morgan fingerprint density at radius 1 is 0.316 bits per heavy atom. The number of H-pyrrole nitrogens is 1. The molecule has 9 rings (SSSR count). The third-order valence-corrected chi connectivity index (χ3v) is 27.3. The van der Waals surface area contributed by atoms with Crippen LogP contribution in [0, 0.1) is 46.6 Å². The molecule has 0 unspecified atom stereocenters. The Morgan fingerprint density at radius 3 is 0.886 bits per heavy atom. The lowest BCUT2D eigenvalue weighted by Crippen LogP contribution is -2.29. The highest BCUT2D eigenvalue weighted by atomic mass is 28.3. The fraction of sp³-hybridized carbons (Fsp3) is 0.368. The van der Waals surface area contributed by atoms with Crippen molar-refractivity contribution in [2.45, 2.75) is 183 Å². The smallest absolute Gasteiger partial charge is 0.138 e. The zero-order chi connectivity index (χ0) is 57.0. The minimum absolute atomic E-state index is 0.0322. The highest BCUT2D eigenvalue weighted by Crippen LogP contribution is 2.45. The van der Waals surface area contributed by atoms with Gasteiger partial charge in [0.1, 0.15) is 16.1 Å². The first-order valence-corrected chi connectivity index (χ1v) is 34.8. The van der Waals surface area contributed by atoms with Crippen molar-refractivity contribution in [1.29, 1.82) is 0 Å². The lowest BCUT2D eigenvalue weighted by molar-refractivity contribution is 0.567. The van der Waals surface area contributed by atoms with Gasteiger partial charge in [0.2, 0.25) is 0 Å². The molecule has 0 aliphatic rings. The molecule has 79 heavy (non-hydrogen) atoms. The van der Waals surface area contributed by atoms with Gasteiger partial charge in [0.05, 0.1) is 0 Å². The topological polar surface area (TPSA) is 15.8 Å². The van der Waals surface area contributed by atoms with Gasteiger partial charge in [-0.3, -0.25) is 0 Å². The monoisotopic (exact) mass is 1070 g/mol. The quantitative estimate of drug-likeness (QED) is 0.0970. The molecule has 0 radical (unpaired) electrons. The molecule has 402 valence electrons. The molecular formula is C76H85NSi2. The molecular weight excluding hydrogens is 983 g/mol. The Hall–Kier alpha value is -6.73. The van der Waals surface area contributed by atoms with Crippen LogP contribution in [-0.2, 0) is 21.7 Å². The van der Waals surface area contributed by atoms with Gasteiger partial charge in [-0.05, 0) is 149 Å². The average molecular weight is 1070 g/mol. The molecule has 0 atom stereocenters. The molecule has 0 aliphatic carbocycles. The van der Waals surface area contributed by atoms with Crippen LogP contribution in [0.25, 0.3) is 64.9 Å². The summed E-state index contributed by atoms with van der Waals surface area (Å²) in [5.41, 5.74) is 21.8. The molecule has 0 bridgehead atoms. The van der Waals surface area contributed by atoms with Gasteiger partial charge >= 0.3 is 0 Å². The van der Waals surface area contributed by atoms with Crippen LogP contribution in [-0.4, -0.2) is 21.1 Å². The summed E-state index contributed by atoms with van der Waals surface area (Å²) in [6.07, 6.45) is 0. The normalized spacial score (nSPS) is 12.6. The second-order valence-electron chi connectivity index (χ2n) is 26.8. The summed E-state index contributed by atoms with van der Waals surface area (Å²) in [4.78, 5) is 4.01. The van der Waals surface area contributed by atoms with E-state index in [0.717, 1.165) is 124 Å². The van der Waals surface area contributed by atoms with Gasteiger partial charge in [0.25, 0.3) is 0 Å². The van der Waals surface area contributed by atoms with Gasteiger partial charge in [-0.15, -0.1) is 11.1 Å². The summed E-state index contributed by atoms with van der Waals surface area (Å²) in [7, 11) is -3.83. The molecule has 1 heterocycles.